The number of amides is 1. The summed E-state index contributed by atoms with van der Waals surface area (Å²) in [6.45, 7) is 0. The highest BCUT2D eigenvalue weighted by Crippen LogP contribution is 2.22. The smallest absolute Gasteiger partial charge is 0.224 e. The molecule has 3 aromatic rings. The number of aryl methyl sites for hydroxylation is 1. The minimum absolute atomic E-state index is 0.0512. The third-order valence-electron chi connectivity index (χ3n) is 3.65. The summed E-state index contributed by atoms with van der Waals surface area (Å²) in [5.41, 5.74) is 0.776. The largest absolute Gasteiger partial charge is 0.457 e. The van der Waals surface area contributed by atoms with E-state index in [2.05, 4.69) is 10.3 Å². The molecule has 2 aromatic carbocycles. The zero-order valence-electron chi connectivity index (χ0n) is 13.8. The molecular weight excluding hydrogens is 338 g/mol. The van der Waals surface area contributed by atoms with Gasteiger partial charge in [-0.3, -0.25) is 9.78 Å². The number of pyridine rings is 1. The molecule has 132 valence electrons. The first kappa shape index (κ1) is 17.5. The standard InChI is InChI=1S/C20H16F2N2O2/c21-15-2-7-19(22)14(13-15)1-8-20(25)24-16-3-5-17(6-4-16)26-18-9-11-23-12-10-18/h2-7,9-13H,1,8H2,(H,24,25). The molecule has 1 N–H and O–H groups in total. The van der Waals surface area contributed by atoms with Gasteiger partial charge in [-0.1, -0.05) is 0 Å². The molecule has 6 heteroatoms. The monoisotopic (exact) mass is 354 g/mol. The Morgan fingerprint density at radius 1 is 0.962 bits per heavy atom. The topological polar surface area (TPSA) is 51.2 Å². The second-order valence-corrected chi connectivity index (χ2v) is 5.59. The third-order valence-corrected chi connectivity index (χ3v) is 3.65. The van der Waals surface area contributed by atoms with Crippen LogP contribution in [0.25, 0.3) is 0 Å². The molecule has 26 heavy (non-hydrogen) atoms. The minimum atomic E-state index is -0.522. The molecule has 0 unspecified atom stereocenters. The van der Waals surface area contributed by atoms with Crippen LogP contribution in [0.4, 0.5) is 14.5 Å². The summed E-state index contributed by atoms with van der Waals surface area (Å²) >= 11 is 0. The van der Waals surface area contributed by atoms with E-state index in [-0.39, 0.29) is 24.3 Å². The Labute approximate surface area is 149 Å². The molecule has 1 aromatic heterocycles. The Morgan fingerprint density at radius 3 is 2.38 bits per heavy atom. The molecule has 3 rings (SSSR count). The number of nitrogens with zero attached hydrogens (tertiary/aromatic N) is 1. The van der Waals surface area contributed by atoms with Crippen LogP contribution in [-0.4, -0.2) is 10.9 Å². The third kappa shape index (κ3) is 4.86. The maximum atomic E-state index is 13.6. The summed E-state index contributed by atoms with van der Waals surface area (Å²) in [6.07, 6.45) is 3.44. The van der Waals surface area contributed by atoms with Gasteiger partial charge >= 0.3 is 0 Å². The Hall–Kier alpha value is -3.28. The molecule has 4 nitrogen and oxygen atoms in total. The van der Waals surface area contributed by atoms with Crippen molar-refractivity contribution in [2.45, 2.75) is 12.8 Å². The lowest BCUT2D eigenvalue weighted by atomic mass is 10.1. The van der Waals surface area contributed by atoms with Crippen molar-refractivity contribution in [2.24, 2.45) is 0 Å². The quantitative estimate of drug-likeness (QED) is 0.697. The van der Waals surface area contributed by atoms with Gasteiger partial charge < -0.3 is 10.1 Å². The molecule has 0 aliphatic heterocycles. The van der Waals surface area contributed by atoms with Crippen molar-refractivity contribution in [1.29, 1.82) is 0 Å². The van der Waals surface area contributed by atoms with Gasteiger partial charge in [-0.05, 0) is 66.6 Å². The van der Waals surface area contributed by atoms with Crippen LogP contribution in [0.15, 0.2) is 67.0 Å². The summed E-state index contributed by atoms with van der Waals surface area (Å²) < 4.78 is 32.3. The SMILES string of the molecule is O=C(CCc1cc(F)ccc1F)Nc1ccc(Oc2ccncc2)cc1. The van der Waals surface area contributed by atoms with E-state index in [1.54, 1.807) is 48.8 Å². The molecule has 0 spiro atoms. The van der Waals surface area contributed by atoms with Crippen molar-refractivity contribution >= 4 is 11.6 Å². The van der Waals surface area contributed by atoms with Gasteiger partial charge in [0.25, 0.3) is 0 Å². The average Bonchev–Trinajstić information content (AvgIpc) is 2.65. The van der Waals surface area contributed by atoms with Crippen LogP contribution < -0.4 is 10.1 Å². The van der Waals surface area contributed by atoms with Gasteiger partial charge in [0.15, 0.2) is 0 Å². The summed E-state index contributed by atoms with van der Waals surface area (Å²) in [4.78, 5) is 15.9. The second kappa shape index (κ2) is 8.20. The lowest BCUT2D eigenvalue weighted by molar-refractivity contribution is -0.116. The van der Waals surface area contributed by atoms with E-state index in [0.29, 0.717) is 17.2 Å². The lowest BCUT2D eigenvalue weighted by Gasteiger charge is -2.08. The van der Waals surface area contributed by atoms with Crippen LogP contribution in [0.3, 0.4) is 0 Å². The average molecular weight is 354 g/mol. The number of aromatic nitrogens is 1. The first-order chi connectivity index (χ1) is 12.6. The predicted molar refractivity (Wildman–Crippen MR) is 94.1 cm³/mol. The zero-order chi connectivity index (χ0) is 18.4. The van der Waals surface area contributed by atoms with Gasteiger partial charge in [-0.2, -0.15) is 0 Å². The molecule has 1 amide bonds. The fourth-order valence-corrected chi connectivity index (χ4v) is 2.36. The van der Waals surface area contributed by atoms with Gasteiger partial charge in [0.1, 0.15) is 23.1 Å². The van der Waals surface area contributed by atoms with Crippen molar-refractivity contribution in [3.8, 4) is 11.5 Å². The number of benzene rings is 2. The maximum absolute atomic E-state index is 13.6. The van der Waals surface area contributed by atoms with Crippen LogP contribution in [0.2, 0.25) is 0 Å². The van der Waals surface area contributed by atoms with E-state index in [4.69, 9.17) is 4.74 Å². The molecule has 0 aliphatic carbocycles. The van der Waals surface area contributed by atoms with Gasteiger partial charge in [0, 0.05) is 24.5 Å². The van der Waals surface area contributed by atoms with Crippen LogP contribution >= 0.6 is 0 Å². The van der Waals surface area contributed by atoms with E-state index in [1.165, 1.54) is 0 Å². The lowest BCUT2D eigenvalue weighted by Crippen LogP contribution is -2.12. The Bertz CT molecular complexity index is 884. The molecule has 0 saturated heterocycles. The summed E-state index contributed by atoms with van der Waals surface area (Å²) in [5, 5.41) is 2.72. The fraction of sp³-hybridized carbons (Fsp3) is 0.100. The summed E-state index contributed by atoms with van der Waals surface area (Å²) in [6, 6.07) is 13.5. The Kier molecular flexibility index (Phi) is 5.53. The number of carbonyl (C=O) groups is 1. The molecule has 0 fully saturated rings. The molecule has 0 bridgehead atoms. The number of carbonyl (C=O) groups excluding carboxylic acids is 1. The van der Waals surface area contributed by atoms with Crippen molar-refractivity contribution in [3.63, 3.8) is 0 Å². The molecule has 0 atom stereocenters. The molecule has 0 radical (unpaired) electrons. The summed E-state index contributed by atoms with van der Waals surface area (Å²) in [5.74, 6) is -0.0372. The van der Waals surface area contributed by atoms with Crippen LogP contribution in [0, 0.1) is 11.6 Å². The highest BCUT2D eigenvalue weighted by Gasteiger charge is 2.08. The molecule has 1 heterocycles. The normalized spacial score (nSPS) is 10.4. The maximum Gasteiger partial charge on any atom is 0.224 e. The second-order valence-electron chi connectivity index (χ2n) is 5.59. The highest BCUT2D eigenvalue weighted by atomic mass is 19.1. The fourth-order valence-electron chi connectivity index (χ4n) is 2.36. The van der Waals surface area contributed by atoms with Gasteiger partial charge in [0.05, 0.1) is 0 Å². The Balaban J connectivity index is 1.53. The first-order valence-corrected chi connectivity index (χ1v) is 8.02. The predicted octanol–water partition coefficient (Wildman–Crippen LogP) is 4.72. The molecular formula is C20H16F2N2O2. The molecule has 0 saturated carbocycles. The van der Waals surface area contributed by atoms with E-state index in [0.717, 1.165) is 18.2 Å². The minimum Gasteiger partial charge on any atom is -0.457 e. The van der Waals surface area contributed by atoms with Gasteiger partial charge in [0.2, 0.25) is 5.91 Å². The van der Waals surface area contributed by atoms with Gasteiger partial charge in [-0.25, -0.2) is 8.78 Å². The first-order valence-electron chi connectivity index (χ1n) is 8.02. The van der Waals surface area contributed by atoms with E-state index in [1.807, 2.05) is 0 Å². The van der Waals surface area contributed by atoms with Crippen molar-refractivity contribution < 1.29 is 18.3 Å². The van der Waals surface area contributed by atoms with E-state index < -0.39 is 11.6 Å². The number of ether oxygens (including phenoxy) is 1. The number of rotatable bonds is 6. The van der Waals surface area contributed by atoms with Gasteiger partial charge in [-0.15, -0.1) is 0 Å². The molecule has 0 aliphatic rings. The van der Waals surface area contributed by atoms with Crippen molar-refractivity contribution in [1.82, 2.24) is 4.98 Å². The van der Waals surface area contributed by atoms with Crippen LogP contribution in [0.5, 0.6) is 11.5 Å². The Morgan fingerprint density at radius 2 is 1.65 bits per heavy atom. The van der Waals surface area contributed by atoms with Crippen LogP contribution in [0.1, 0.15) is 12.0 Å². The number of halogens is 2. The number of hydrogen-bond acceptors (Lipinski definition) is 3. The van der Waals surface area contributed by atoms with Crippen molar-refractivity contribution in [3.05, 3.63) is 84.2 Å². The number of anilines is 1. The zero-order valence-corrected chi connectivity index (χ0v) is 13.8. The van der Waals surface area contributed by atoms with Crippen molar-refractivity contribution in [2.75, 3.05) is 5.32 Å². The summed E-state index contributed by atoms with van der Waals surface area (Å²) in [7, 11) is 0. The number of nitrogens with one attached hydrogen (secondary N) is 1. The van der Waals surface area contributed by atoms with Crippen LogP contribution in [-0.2, 0) is 11.2 Å². The van der Waals surface area contributed by atoms with E-state index >= 15 is 0 Å². The van der Waals surface area contributed by atoms with E-state index in [9.17, 15) is 13.6 Å². The number of hydrogen-bond donors (Lipinski definition) is 1. The highest BCUT2D eigenvalue weighted by molar-refractivity contribution is 5.90.